The maximum atomic E-state index is 10.8. The molecule has 1 rings (SSSR count). The molecule has 0 spiro atoms. The molecule has 0 radical (unpaired) electrons. The maximum absolute atomic E-state index is 10.8. The van der Waals surface area contributed by atoms with Crippen molar-refractivity contribution in [3.8, 4) is 6.07 Å². The Labute approximate surface area is 86.5 Å². The van der Waals surface area contributed by atoms with Crippen molar-refractivity contribution in [1.29, 1.82) is 5.26 Å². The number of carbonyl (C=O) groups excluding carboxylic acids is 1. The summed E-state index contributed by atoms with van der Waals surface area (Å²) in [5.74, 6) is -0.242. The summed E-state index contributed by atoms with van der Waals surface area (Å²) in [6.45, 7) is 3.12. The molecule has 4 nitrogen and oxygen atoms in total. The van der Waals surface area contributed by atoms with E-state index in [2.05, 4.69) is 10.3 Å². The van der Waals surface area contributed by atoms with Crippen molar-refractivity contribution < 1.29 is 4.79 Å². The number of halogens is 1. The molecule has 5 heteroatoms. The molecule has 0 unspecified atom stereocenters. The van der Waals surface area contributed by atoms with E-state index < -0.39 is 0 Å². The van der Waals surface area contributed by atoms with Gasteiger partial charge in [-0.15, -0.1) is 0 Å². The molecule has 0 aliphatic rings. The van der Waals surface area contributed by atoms with Crippen LogP contribution in [0.15, 0.2) is 6.07 Å². The summed E-state index contributed by atoms with van der Waals surface area (Å²) >= 11 is 5.66. The summed E-state index contributed by atoms with van der Waals surface area (Å²) in [6, 6.07) is 3.46. The molecule has 1 amide bonds. The Balaban J connectivity index is 3.27. The van der Waals surface area contributed by atoms with E-state index in [9.17, 15) is 4.79 Å². The van der Waals surface area contributed by atoms with Gasteiger partial charge < -0.3 is 5.32 Å². The van der Waals surface area contributed by atoms with Gasteiger partial charge in [-0.1, -0.05) is 11.6 Å². The minimum Gasteiger partial charge on any atom is -0.324 e. The SMILES string of the molecule is CC(=O)Nc1c(C)cc(Cl)nc1C#N. The molecule has 1 aromatic heterocycles. The molecule has 0 fully saturated rings. The zero-order chi connectivity index (χ0) is 10.7. The van der Waals surface area contributed by atoms with Crippen LogP contribution in [-0.4, -0.2) is 10.9 Å². The highest BCUT2D eigenvalue weighted by Gasteiger charge is 2.09. The third kappa shape index (κ3) is 2.21. The van der Waals surface area contributed by atoms with Gasteiger partial charge in [0.15, 0.2) is 5.69 Å². The molecule has 72 valence electrons. The second-order valence-electron chi connectivity index (χ2n) is 2.78. The number of anilines is 1. The molecule has 1 heterocycles. The number of amides is 1. The van der Waals surface area contributed by atoms with Crippen LogP contribution in [-0.2, 0) is 4.79 Å². The van der Waals surface area contributed by atoms with Crippen molar-refractivity contribution in [1.82, 2.24) is 4.98 Å². The van der Waals surface area contributed by atoms with Crippen molar-refractivity contribution in [2.75, 3.05) is 5.32 Å². The van der Waals surface area contributed by atoms with E-state index >= 15 is 0 Å². The monoisotopic (exact) mass is 209 g/mol. The normalized spacial score (nSPS) is 9.29. The Morgan fingerprint density at radius 3 is 2.86 bits per heavy atom. The summed E-state index contributed by atoms with van der Waals surface area (Å²) in [4.78, 5) is 14.6. The molecule has 14 heavy (non-hydrogen) atoms. The van der Waals surface area contributed by atoms with Gasteiger partial charge in [0.2, 0.25) is 5.91 Å². The van der Waals surface area contributed by atoms with Gasteiger partial charge >= 0.3 is 0 Å². The zero-order valence-corrected chi connectivity index (χ0v) is 8.51. The first kappa shape index (κ1) is 10.5. The number of aromatic nitrogens is 1. The molecule has 0 saturated heterocycles. The molecule has 0 aromatic carbocycles. The maximum Gasteiger partial charge on any atom is 0.221 e. The van der Waals surface area contributed by atoms with Crippen LogP contribution >= 0.6 is 11.6 Å². The average molecular weight is 210 g/mol. The third-order valence-electron chi connectivity index (χ3n) is 1.59. The molecule has 1 N–H and O–H groups in total. The molecule has 0 aliphatic heterocycles. The van der Waals surface area contributed by atoms with Crippen LogP contribution in [0.2, 0.25) is 5.15 Å². The molecular weight excluding hydrogens is 202 g/mol. The number of nitrogens with zero attached hydrogens (tertiary/aromatic N) is 2. The van der Waals surface area contributed by atoms with Crippen LogP contribution in [0, 0.1) is 18.3 Å². The summed E-state index contributed by atoms with van der Waals surface area (Å²) < 4.78 is 0. The number of nitrogens with one attached hydrogen (secondary N) is 1. The fourth-order valence-electron chi connectivity index (χ4n) is 1.05. The Morgan fingerprint density at radius 2 is 2.36 bits per heavy atom. The van der Waals surface area contributed by atoms with Gasteiger partial charge in [0.25, 0.3) is 0 Å². The fraction of sp³-hybridized carbons (Fsp3) is 0.222. The minimum atomic E-state index is -0.242. The van der Waals surface area contributed by atoms with Crippen molar-refractivity contribution >= 4 is 23.2 Å². The highest BCUT2D eigenvalue weighted by atomic mass is 35.5. The van der Waals surface area contributed by atoms with Gasteiger partial charge in [0.1, 0.15) is 11.2 Å². The summed E-state index contributed by atoms with van der Waals surface area (Å²) in [5, 5.41) is 11.5. The van der Waals surface area contributed by atoms with Crippen LogP contribution < -0.4 is 5.32 Å². The molecular formula is C9H8ClN3O. The molecule has 0 atom stereocenters. The van der Waals surface area contributed by atoms with Crippen molar-refractivity contribution in [3.05, 3.63) is 22.5 Å². The second-order valence-corrected chi connectivity index (χ2v) is 3.17. The van der Waals surface area contributed by atoms with Crippen molar-refractivity contribution in [2.45, 2.75) is 13.8 Å². The van der Waals surface area contributed by atoms with E-state index in [1.165, 1.54) is 6.92 Å². The topological polar surface area (TPSA) is 65.8 Å². The minimum absolute atomic E-state index is 0.130. The van der Waals surface area contributed by atoms with E-state index in [0.29, 0.717) is 5.69 Å². The molecule has 1 aromatic rings. The smallest absolute Gasteiger partial charge is 0.221 e. The van der Waals surface area contributed by atoms with E-state index in [0.717, 1.165) is 5.56 Å². The lowest BCUT2D eigenvalue weighted by atomic mass is 10.2. The summed E-state index contributed by atoms with van der Waals surface area (Å²) in [5.41, 5.74) is 1.27. The first-order valence-electron chi connectivity index (χ1n) is 3.89. The first-order chi connectivity index (χ1) is 6.54. The van der Waals surface area contributed by atoms with Crippen LogP contribution in [0.4, 0.5) is 5.69 Å². The number of rotatable bonds is 1. The van der Waals surface area contributed by atoms with Gasteiger partial charge in [0, 0.05) is 6.92 Å². The van der Waals surface area contributed by atoms with E-state index in [4.69, 9.17) is 16.9 Å². The Hall–Kier alpha value is -1.60. The first-order valence-corrected chi connectivity index (χ1v) is 4.27. The fourth-order valence-corrected chi connectivity index (χ4v) is 1.30. The Bertz CT molecular complexity index is 423. The number of nitriles is 1. The van der Waals surface area contributed by atoms with Crippen molar-refractivity contribution in [2.24, 2.45) is 0 Å². The van der Waals surface area contributed by atoms with Gasteiger partial charge in [-0.3, -0.25) is 4.79 Å². The quantitative estimate of drug-likeness (QED) is 0.718. The van der Waals surface area contributed by atoms with E-state index in [1.807, 2.05) is 6.07 Å². The molecule has 0 bridgehead atoms. The molecule has 0 saturated carbocycles. The predicted octanol–water partition coefficient (Wildman–Crippen LogP) is 1.87. The number of pyridine rings is 1. The molecule has 0 aliphatic carbocycles. The standard InChI is InChI=1S/C9H8ClN3O/c1-5-3-8(10)13-7(4-11)9(5)12-6(2)14/h3H,1-2H3,(H,12,14). The predicted molar refractivity (Wildman–Crippen MR) is 53.0 cm³/mol. The highest BCUT2D eigenvalue weighted by Crippen LogP contribution is 2.21. The number of hydrogen-bond donors (Lipinski definition) is 1. The lowest BCUT2D eigenvalue weighted by molar-refractivity contribution is -0.114. The van der Waals surface area contributed by atoms with Gasteiger partial charge in [-0.05, 0) is 18.6 Å². The number of hydrogen-bond acceptors (Lipinski definition) is 3. The average Bonchev–Trinajstić information content (AvgIpc) is 2.08. The van der Waals surface area contributed by atoms with Crippen LogP contribution in [0.5, 0.6) is 0 Å². The highest BCUT2D eigenvalue weighted by molar-refractivity contribution is 6.29. The third-order valence-corrected chi connectivity index (χ3v) is 1.79. The second kappa shape index (κ2) is 4.07. The van der Waals surface area contributed by atoms with Crippen molar-refractivity contribution in [3.63, 3.8) is 0 Å². The number of carbonyl (C=O) groups is 1. The van der Waals surface area contributed by atoms with Gasteiger partial charge in [-0.25, -0.2) is 4.98 Å². The van der Waals surface area contributed by atoms with Gasteiger partial charge in [0.05, 0.1) is 5.69 Å². The van der Waals surface area contributed by atoms with E-state index in [-0.39, 0.29) is 16.8 Å². The lowest BCUT2D eigenvalue weighted by Crippen LogP contribution is -2.09. The van der Waals surface area contributed by atoms with Crippen LogP contribution in [0.1, 0.15) is 18.2 Å². The van der Waals surface area contributed by atoms with Crippen LogP contribution in [0.25, 0.3) is 0 Å². The Morgan fingerprint density at radius 1 is 1.71 bits per heavy atom. The number of aryl methyl sites for hydroxylation is 1. The largest absolute Gasteiger partial charge is 0.324 e. The lowest BCUT2D eigenvalue weighted by Gasteiger charge is -2.07. The van der Waals surface area contributed by atoms with Gasteiger partial charge in [-0.2, -0.15) is 5.26 Å². The Kier molecular flexibility index (Phi) is 3.05. The summed E-state index contributed by atoms with van der Waals surface area (Å²) in [7, 11) is 0. The van der Waals surface area contributed by atoms with E-state index in [1.54, 1.807) is 13.0 Å². The summed E-state index contributed by atoms with van der Waals surface area (Å²) in [6.07, 6.45) is 0. The van der Waals surface area contributed by atoms with Crippen LogP contribution in [0.3, 0.4) is 0 Å². The zero-order valence-electron chi connectivity index (χ0n) is 7.76.